The molecular weight excluding hydrogens is 226 g/mol. The zero-order valence-corrected chi connectivity index (χ0v) is 9.76. The zero-order chi connectivity index (χ0) is 12.8. The summed E-state index contributed by atoms with van der Waals surface area (Å²) in [5.74, 6) is 6.03. The van der Waals surface area contributed by atoms with Crippen molar-refractivity contribution < 1.29 is 4.74 Å². The maximum atomic E-state index is 8.80. The molecule has 0 aliphatic rings. The van der Waals surface area contributed by atoms with Gasteiger partial charge in [-0.1, -0.05) is 30.3 Å². The lowest BCUT2D eigenvalue weighted by Crippen LogP contribution is -2.09. The number of anilines is 1. The molecule has 0 aromatic heterocycles. The predicted octanol–water partition coefficient (Wildman–Crippen LogP) is 2.42. The summed E-state index contributed by atoms with van der Waals surface area (Å²) in [6, 6.07) is 17.0. The third-order valence-electron chi connectivity index (χ3n) is 2.50. The van der Waals surface area contributed by atoms with Gasteiger partial charge in [0.25, 0.3) is 0 Å². The van der Waals surface area contributed by atoms with Crippen LogP contribution in [0.2, 0.25) is 0 Å². The van der Waals surface area contributed by atoms with Gasteiger partial charge >= 0.3 is 0 Å². The molecule has 0 fully saturated rings. The molecule has 18 heavy (non-hydrogen) atoms. The standard InChI is InChI=1S/C14H13N3O/c15-9-12-6-7-14(13(8-12)17-16)18-10-11-4-2-1-3-5-11/h1-8,17H,10,16H2. The fourth-order valence-electron chi connectivity index (χ4n) is 1.57. The molecule has 2 rings (SSSR count). The average Bonchev–Trinajstić information content (AvgIpc) is 2.46. The Balaban J connectivity index is 2.12. The first-order valence-electron chi connectivity index (χ1n) is 5.51. The molecule has 90 valence electrons. The highest BCUT2D eigenvalue weighted by molar-refractivity contribution is 5.59. The Bertz CT molecular complexity index is 561. The number of nitrogen functional groups attached to an aromatic ring is 1. The summed E-state index contributed by atoms with van der Waals surface area (Å²) in [5, 5.41) is 8.80. The third-order valence-corrected chi connectivity index (χ3v) is 2.50. The fourth-order valence-corrected chi connectivity index (χ4v) is 1.57. The second-order valence-electron chi connectivity index (χ2n) is 3.74. The van der Waals surface area contributed by atoms with Gasteiger partial charge in [-0.15, -0.1) is 0 Å². The van der Waals surface area contributed by atoms with Crippen LogP contribution in [0.4, 0.5) is 5.69 Å². The number of rotatable bonds is 4. The maximum Gasteiger partial charge on any atom is 0.144 e. The largest absolute Gasteiger partial charge is 0.487 e. The van der Waals surface area contributed by atoms with Gasteiger partial charge in [-0.25, -0.2) is 0 Å². The number of nitrogens with one attached hydrogen (secondary N) is 1. The Morgan fingerprint density at radius 3 is 2.61 bits per heavy atom. The van der Waals surface area contributed by atoms with Crippen molar-refractivity contribution in [1.29, 1.82) is 5.26 Å². The van der Waals surface area contributed by atoms with Gasteiger partial charge < -0.3 is 10.2 Å². The van der Waals surface area contributed by atoms with E-state index in [1.54, 1.807) is 18.2 Å². The number of nitriles is 1. The minimum atomic E-state index is 0.460. The molecule has 0 aliphatic heterocycles. The number of hydrogen-bond donors (Lipinski definition) is 2. The van der Waals surface area contributed by atoms with E-state index in [1.165, 1.54) is 0 Å². The van der Waals surface area contributed by atoms with Crippen molar-refractivity contribution in [3.63, 3.8) is 0 Å². The number of hydrazine groups is 1. The molecule has 0 saturated heterocycles. The smallest absolute Gasteiger partial charge is 0.144 e. The van der Waals surface area contributed by atoms with Gasteiger partial charge in [-0.2, -0.15) is 5.26 Å². The lowest BCUT2D eigenvalue weighted by Gasteiger charge is -2.11. The van der Waals surface area contributed by atoms with Crippen LogP contribution in [-0.2, 0) is 6.61 Å². The molecule has 0 atom stereocenters. The summed E-state index contributed by atoms with van der Waals surface area (Å²) in [6.07, 6.45) is 0. The molecule has 0 radical (unpaired) electrons. The Hall–Kier alpha value is -2.51. The quantitative estimate of drug-likeness (QED) is 0.635. The first-order valence-corrected chi connectivity index (χ1v) is 5.51. The van der Waals surface area contributed by atoms with E-state index in [-0.39, 0.29) is 0 Å². The summed E-state index contributed by atoms with van der Waals surface area (Å²) in [7, 11) is 0. The molecule has 0 saturated carbocycles. The molecule has 0 aliphatic carbocycles. The summed E-state index contributed by atoms with van der Waals surface area (Å²) in [6.45, 7) is 0.460. The Kier molecular flexibility index (Phi) is 3.79. The van der Waals surface area contributed by atoms with Gasteiger partial charge in [-0.3, -0.25) is 5.84 Å². The Labute approximate surface area is 106 Å². The number of nitrogens with two attached hydrogens (primary N) is 1. The number of hydrogen-bond acceptors (Lipinski definition) is 4. The van der Waals surface area contributed by atoms with Crippen molar-refractivity contribution in [1.82, 2.24) is 0 Å². The molecule has 4 heteroatoms. The van der Waals surface area contributed by atoms with Crippen LogP contribution in [0.3, 0.4) is 0 Å². The van der Waals surface area contributed by atoms with Gasteiger partial charge in [0.15, 0.2) is 0 Å². The number of ether oxygens (including phenoxy) is 1. The van der Waals surface area contributed by atoms with Crippen LogP contribution in [0.1, 0.15) is 11.1 Å². The first kappa shape index (κ1) is 12.0. The Morgan fingerprint density at radius 2 is 1.94 bits per heavy atom. The van der Waals surface area contributed by atoms with Crippen molar-refractivity contribution in [2.24, 2.45) is 5.84 Å². The molecule has 3 N–H and O–H groups in total. The highest BCUT2D eigenvalue weighted by atomic mass is 16.5. The van der Waals surface area contributed by atoms with Gasteiger partial charge in [0, 0.05) is 0 Å². The van der Waals surface area contributed by atoms with E-state index in [1.807, 2.05) is 30.3 Å². The lowest BCUT2D eigenvalue weighted by atomic mass is 10.2. The summed E-state index contributed by atoms with van der Waals surface area (Å²) in [4.78, 5) is 0. The van der Waals surface area contributed by atoms with Crippen LogP contribution >= 0.6 is 0 Å². The molecule has 0 bridgehead atoms. The van der Waals surface area contributed by atoms with E-state index >= 15 is 0 Å². The van der Waals surface area contributed by atoms with Crippen molar-refractivity contribution in [2.45, 2.75) is 6.61 Å². The minimum Gasteiger partial charge on any atom is -0.487 e. The first-order chi connectivity index (χ1) is 8.83. The van der Waals surface area contributed by atoms with E-state index in [0.29, 0.717) is 23.6 Å². The number of nitrogens with zero attached hydrogens (tertiary/aromatic N) is 1. The maximum absolute atomic E-state index is 8.80. The van der Waals surface area contributed by atoms with Crippen molar-refractivity contribution in [3.8, 4) is 11.8 Å². The van der Waals surface area contributed by atoms with Crippen LogP contribution in [0.25, 0.3) is 0 Å². The van der Waals surface area contributed by atoms with Gasteiger partial charge in [0.2, 0.25) is 0 Å². The molecule has 2 aromatic rings. The van der Waals surface area contributed by atoms with Crippen molar-refractivity contribution >= 4 is 5.69 Å². The summed E-state index contributed by atoms with van der Waals surface area (Å²) in [5.41, 5.74) is 4.74. The minimum absolute atomic E-state index is 0.460. The highest BCUT2D eigenvalue weighted by Gasteiger charge is 2.04. The highest BCUT2D eigenvalue weighted by Crippen LogP contribution is 2.25. The third kappa shape index (κ3) is 2.78. The SMILES string of the molecule is N#Cc1ccc(OCc2ccccc2)c(NN)c1. The molecule has 2 aromatic carbocycles. The van der Waals surface area contributed by atoms with Crippen molar-refractivity contribution in [2.75, 3.05) is 5.43 Å². The second-order valence-corrected chi connectivity index (χ2v) is 3.74. The van der Waals surface area contributed by atoms with Crippen LogP contribution < -0.4 is 16.0 Å². The normalized spacial score (nSPS) is 9.56. The monoisotopic (exact) mass is 239 g/mol. The molecule has 0 heterocycles. The van der Waals surface area contributed by atoms with Crippen LogP contribution in [0, 0.1) is 11.3 Å². The van der Waals surface area contributed by atoms with E-state index in [9.17, 15) is 0 Å². The Morgan fingerprint density at radius 1 is 1.17 bits per heavy atom. The molecule has 4 nitrogen and oxygen atoms in total. The summed E-state index contributed by atoms with van der Waals surface area (Å²) < 4.78 is 5.66. The topological polar surface area (TPSA) is 71.1 Å². The number of benzene rings is 2. The van der Waals surface area contributed by atoms with Crippen LogP contribution in [0.15, 0.2) is 48.5 Å². The second kappa shape index (κ2) is 5.71. The van der Waals surface area contributed by atoms with E-state index in [4.69, 9.17) is 15.8 Å². The van der Waals surface area contributed by atoms with Gasteiger partial charge in [0.05, 0.1) is 17.3 Å². The van der Waals surface area contributed by atoms with Crippen molar-refractivity contribution in [3.05, 3.63) is 59.7 Å². The zero-order valence-electron chi connectivity index (χ0n) is 9.76. The predicted molar refractivity (Wildman–Crippen MR) is 69.7 cm³/mol. The summed E-state index contributed by atoms with van der Waals surface area (Å²) >= 11 is 0. The lowest BCUT2D eigenvalue weighted by molar-refractivity contribution is 0.307. The fraction of sp³-hybridized carbons (Fsp3) is 0.0714. The molecule has 0 amide bonds. The van der Waals surface area contributed by atoms with Gasteiger partial charge in [-0.05, 0) is 23.8 Å². The average molecular weight is 239 g/mol. The van der Waals surface area contributed by atoms with Crippen LogP contribution in [-0.4, -0.2) is 0 Å². The van der Waals surface area contributed by atoms with E-state index < -0.39 is 0 Å². The van der Waals surface area contributed by atoms with E-state index in [0.717, 1.165) is 5.56 Å². The van der Waals surface area contributed by atoms with E-state index in [2.05, 4.69) is 11.5 Å². The van der Waals surface area contributed by atoms with Crippen LogP contribution in [0.5, 0.6) is 5.75 Å². The molecule has 0 spiro atoms. The molecular formula is C14H13N3O. The van der Waals surface area contributed by atoms with Gasteiger partial charge in [0.1, 0.15) is 12.4 Å². The molecule has 0 unspecified atom stereocenters.